The first-order chi connectivity index (χ1) is 15.5. The number of quaternary nitrogens is 1. The van der Waals surface area contributed by atoms with Gasteiger partial charge in [-0.3, -0.25) is 4.79 Å². The zero-order valence-electron chi connectivity index (χ0n) is 17.3. The number of amides is 3. The summed E-state index contributed by atoms with van der Waals surface area (Å²) in [4.78, 5) is 57.6. The summed E-state index contributed by atoms with van der Waals surface area (Å²) in [6.45, 7) is -0.774. The van der Waals surface area contributed by atoms with Crippen molar-refractivity contribution in [3.8, 4) is 0 Å². The minimum Gasteiger partial charge on any atom is -0.548 e. The third kappa shape index (κ3) is 11.7. The van der Waals surface area contributed by atoms with Gasteiger partial charge in [0.25, 0.3) is 0 Å². The van der Waals surface area contributed by atoms with Crippen LogP contribution in [0.3, 0.4) is 0 Å². The molecule has 3 amide bonds. The van der Waals surface area contributed by atoms with Gasteiger partial charge in [0.2, 0.25) is 0 Å². The quantitative estimate of drug-likeness (QED) is 0.120. The van der Waals surface area contributed by atoms with Crippen LogP contribution in [0.5, 0.6) is 0 Å². The van der Waals surface area contributed by atoms with Gasteiger partial charge in [0.05, 0.1) is 18.5 Å². The molecular weight excluding hydrogens is 523 g/mol. The summed E-state index contributed by atoms with van der Waals surface area (Å²) in [5.41, 5.74) is 3.75. The number of hydrogen-bond donors (Lipinski definition) is 6. The molecule has 33 heavy (non-hydrogen) atoms. The van der Waals surface area contributed by atoms with Crippen LogP contribution in [0.15, 0.2) is 24.3 Å². The third-order valence-corrected chi connectivity index (χ3v) is 6.64. The van der Waals surface area contributed by atoms with Gasteiger partial charge in [-0.1, -0.05) is 0 Å². The second-order valence-electron chi connectivity index (χ2n) is 6.66. The van der Waals surface area contributed by atoms with Crippen LogP contribution >= 0.6 is 11.8 Å². The van der Waals surface area contributed by atoms with E-state index in [0.717, 1.165) is 11.8 Å². The van der Waals surface area contributed by atoms with Crippen molar-refractivity contribution >= 4 is 66.8 Å². The minimum atomic E-state index is -3.00. The predicted molar refractivity (Wildman–Crippen MR) is 113 cm³/mol. The molecule has 0 radical (unpaired) electrons. The molecule has 1 aromatic rings. The molecule has 13 nitrogen and oxygen atoms in total. The van der Waals surface area contributed by atoms with Crippen molar-refractivity contribution in [2.24, 2.45) is 0 Å². The summed E-state index contributed by atoms with van der Waals surface area (Å²) < 4.78 is 18.8. The fourth-order valence-corrected chi connectivity index (χ4v) is 4.02. The number of carboxylic acid groups (broad SMARTS) is 2. The summed E-state index contributed by atoms with van der Waals surface area (Å²) in [7, 11) is 0. The number of aliphatic carboxylic acids is 2. The molecule has 0 saturated heterocycles. The summed E-state index contributed by atoms with van der Waals surface area (Å²) in [6.07, 6.45) is -0.370. The van der Waals surface area contributed by atoms with Gasteiger partial charge in [0.15, 0.2) is 0 Å². The number of nitrogens with one attached hydrogen (secondary N) is 3. The predicted octanol–water partition coefficient (Wildman–Crippen LogP) is -6.47. The van der Waals surface area contributed by atoms with E-state index in [1.165, 1.54) is 24.3 Å². The number of carbonyl (C=O) groups excluding carboxylic acids is 5. The normalized spacial score (nSPS) is 12.5. The van der Waals surface area contributed by atoms with E-state index in [1.807, 2.05) is 0 Å². The standard InChI is InChI=1S/C18H25AsN4O9S/c20-12(18(29)30)5-6-14(24)23-13(17(28)21-7-16(26)27)8-33-9-15(25)22-11-3-1-10(2-4-11)19(31)32/h1-4,12-13,31-32H,5-9,20H2,(H,21,28)(H,22,25)(H,23,24)(H,26,27)(H,29,30)/p-1/t12-,13-/m0/s1. The smallest absolute Gasteiger partial charge is 0.548 e. The second-order valence-corrected chi connectivity index (χ2v) is 9.99. The number of anilines is 1. The molecule has 0 aliphatic rings. The van der Waals surface area contributed by atoms with Gasteiger partial charge in [0.1, 0.15) is 6.04 Å². The van der Waals surface area contributed by atoms with Crippen molar-refractivity contribution in [1.29, 1.82) is 0 Å². The Balaban J connectivity index is 2.60. The Bertz CT molecular complexity index is 854. The third-order valence-electron chi connectivity index (χ3n) is 4.01. The Morgan fingerprint density at radius 2 is 1.70 bits per heavy atom. The minimum absolute atomic E-state index is 0.0755. The molecule has 0 unspecified atom stereocenters. The fourth-order valence-electron chi connectivity index (χ4n) is 2.30. The van der Waals surface area contributed by atoms with E-state index in [1.54, 1.807) is 0 Å². The zero-order valence-corrected chi connectivity index (χ0v) is 20.0. The average Bonchev–Trinajstić information content (AvgIpc) is 2.75. The zero-order chi connectivity index (χ0) is 25.0. The monoisotopic (exact) mass is 547 g/mol. The Hall–Kier alpha value is -2.64. The Morgan fingerprint density at radius 1 is 1.06 bits per heavy atom. The van der Waals surface area contributed by atoms with Crippen molar-refractivity contribution in [3.63, 3.8) is 0 Å². The summed E-state index contributed by atoms with van der Waals surface area (Å²) in [5, 5.41) is 28.3. The molecular formula is C18H24AsN4O9S-. The molecule has 0 aromatic heterocycles. The summed E-state index contributed by atoms with van der Waals surface area (Å²) >= 11 is -2.01. The molecule has 1 rings (SSSR count). The molecule has 1 aromatic carbocycles. The van der Waals surface area contributed by atoms with Crippen LogP contribution in [-0.2, 0) is 24.0 Å². The van der Waals surface area contributed by atoms with Crippen LogP contribution in [0.25, 0.3) is 0 Å². The van der Waals surface area contributed by atoms with Crippen molar-refractivity contribution in [2.45, 2.75) is 24.9 Å². The van der Waals surface area contributed by atoms with E-state index in [4.69, 9.17) is 0 Å². The van der Waals surface area contributed by atoms with Crippen molar-refractivity contribution in [1.82, 2.24) is 10.6 Å². The van der Waals surface area contributed by atoms with Crippen molar-refractivity contribution in [2.75, 3.05) is 23.4 Å². The van der Waals surface area contributed by atoms with Crippen LogP contribution < -0.4 is 36.2 Å². The van der Waals surface area contributed by atoms with Gasteiger partial charge < -0.3 is 25.5 Å². The Kier molecular flexibility index (Phi) is 12.5. The molecule has 0 saturated carbocycles. The van der Waals surface area contributed by atoms with Gasteiger partial charge in [-0.2, -0.15) is 0 Å². The van der Waals surface area contributed by atoms with E-state index in [0.29, 0.717) is 10.0 Å². The molecule has 8 N–H and O–H groups in total. The van der Waals surface area contributed by atoms with Crippen LogP contribution in [-0.4, -0.2) is 83.3 Å². The molecule has 0 fully saturated rings. The van der Waals surface area contributed by atoms with Crippen molar-refractivity contribution < 1.29 is 48.1 Å². The van der Waals surface area contributed by atoms with Gasteiger partial charge >= 0.3 is 130 Å². The van der Waals surface area contributed by atoms with E-state index in [-0.39, 0.29) is 24.3 Å². The second kappa shape index (κ2) is 14.5. The van der Waals surface area contributed by atoms with Crippen LogP contribution in [0.4, 0.5) is 5.69 Å². The maximum atomic E-state index is 12.2. The van der Waals surface area contributed by atoms with Crippen molar-refractivity contribution in [3.05, 3.63) is 24.3 Å². The number of thioether (sulfide) groups is 1. The first-order valence-corrected chi connectivity index (χ1v) is 13.2. The maximum absolute atomic E-state index is 12.2. The van der Waals surface area contributed by atoms with Crippen LogP contribution in [0, 0.1) is 0 Å². The number of carbonyl (C=O) groups is 5. The van der Waals surface area contributed by atoms with E-state index < -0.39 is 63.6 Å². The first kappa shape index (κ1) is 28.4. The molecule has 2 atom stereocenters. The average molecular weight is 547 g/mol. The molecule has 0 spiro atoms. The van der Waals surface area contributed by atoms with E-state index in [9.17, 15) is 42.4 Å². The SMILES string of the molecule is [NH3+][C@@H](CCC(=O)N[C@@H](CSCC(=O)Nc1ccc([As](O)O)cc1)C(=O)NCC(=O)[O-])C(=O)[O-]. The molecule has 15 heteroatoms. The number of benzene rings is 1. The van der Waals surface area contributed by atoms with Gasteiger partial charge in [-0.05, 0) is 0 Å². The molecule has 0 aliphatic heterocycles. The van der Waals surface area contributed by atoms with E-state index >= 15 is 0 Å². The van der Waals surface area contributed by atoms with E-state index in [2.05, 4.69) is 21.7 Å². The summed E-state index contributed by atoms with van der Waals surface area (Å²) in [5.74, 6) is -5.02. The molecule has 0 heterocycles. The Labute approximate surface area is 198 Å². The van der Waals surface area contributed by atoms with Gasteiger partial charge in [0, 0.05) is 12.8 Å². The summed E-state index contributed by atoms with van der Waals surface area (Å²) in [6, 6.07) is 3.67. The molecule has 0 bridgehead atoms. The van der Waals surface area contributed by atoms with Crippen LogP contribution in [0.2, 0.25) is 0 Å². The van der Waals surface area contributed by atoms with Gasteiger partial charge in [-0.15, -0.1) is 0 Å². The number of hydrogen-bond acceptors (Lipinski definition) is 10. The van der Waals surface area contributed by atoms with Crippen LogP contribution in [0.1, 0.15) is 12.8 Å². The van der Waals surface area contributed by atoms with Gasteiger partial charge in [-0.25, -0.2) is 0 Å². The molecule has 182 valence electrons. The Morgan fingerprint density at radius 3 is 2.24 bits per heavy atom. The molecule has 0 aliphatic carbocycles. The topological polar surface area (TPSA) is 236 Å². The number of carboxylic acids is 2. The number of rotatable bonds is 14. The fraction of sp³-hybridized carbons (Fsp3) is 0.389. The first-order valence-electron chi connectivity index (χ1n) is 9.46.